The van der Waals surface area contributed by atoms with E-state index in [9.17, 15) is 97.8 Å². The van der Waals surface area contributed by atoms with E-state index in [1.54, 1.807) is 85.1 Å². The number of aliphatic carboxylic acids is 3. The van der Waals surface area contributed by atoms with Gasteiger partial charge in [-0.15, -0.1) is 0 Å². The molecule has 0 radical (unpaired) electrons. The van der Waals surface area contributed by atoms with Gasteiger partial charge < -0.3 is 105 Å². The number of carbonyl (C=O) groups excluding carboxylic acids is 11. The lowest BCUT2D eigenvalue weighted by molar-refractivity contribution is -0.143. The van der Waals surface area contributed by atoms with Gasteiger partial charge in [0.25, 0.3) is 0 Å². The second-order valence-corrected chi connectivity index (χ2v) is 28.4. The summed E-state index contributed by atoms with van der Waals surface area (Å²) in [5.41, 5.74) is 11.1. The third-order valence-electron chi connectivity index (χ3n) is 18.9. The summed E-state index contributed by atoms with van der Waals surface area (Å²) in [5.74, 6) is -16.9. The Hall–Kier alpha value is -13.5. The molecule has 2 aromatic heterocycles. The minimum Gasteiger partial charge on any atom is -0.481 e. The maximum Gasteiger partial charge on any atom is 0.326 e. The Bertz CT molecular complexity index is 4780. The molecule has 0 aliphatic heterocycles. The first kappa shape index (κ1) is 89.0. The van der Waals surface area contributed by atoms with Crippen molar-refractivity contribution in [3.05, 3.63) is 210 Å². The van der Waals surface area contributed by atoms with Crippen LogP contribution in [0.4, 0.5) is 0 Å². The lowest BCUT2D eigenvalue weighted by atomic mass is 9.98. The van der Waals surface area contributed by atoms with Crippen molar-refractivity contribution in [2.45, 2.75) is 157 Å². The van der Waals surface area contributed by atoms with Gasteiger partial charge in [0.15, 0.2) is 0 Å². The number of fused-ring (bicyclic) bond motifs is 1. The van der Waals surface area contributed by atoms with E-state index in [2.05, 4.69) is 73.4 Å². The molecule has 0 aliphatic rings. The first-order chi connectivity index (χ1) is 55.7. The molecule has 8 aromatic rings. The van der Waals surface area contributed by atoms with Gasteiger partial charge in [-0.2, -0.15) is 0 Å². The Morgan fingerprint density at radius 2 is 0.897 bits per heavy atom. The van der Waals surface area contributed by atoms with Crippen LogP contribution in [-0.2, 0) is 99.2 Å². The molecule has 11 amide bonds. The number of hydrogen-bond donors (Lipinski definition) is 20. The van der Waals surface area contributed by atoms with Crippen LogP contribution in [0.5, 0.6) is 0 Å². The van der Waals surface area contributed by atoms with Crippen LogP contribution in [0, 0.1) is 0 Å². The van der Waals surface area contributed by atoms with Crippen molar-refractivity contribution in [2.24, 2.45) is 5.73 Å². The van der Waals surface area contributed by atoms with Crippen LogP contribution in [0.25, 0.3) is 33.2 Å². The van der Waals surface area contributed by atoms with Gasteiger partial charge in [-0.1, -0.05) is 158 Å². The minimum atomic E-state index is -2.07. The third kappa shape index (κ3) is 26.8. The summed E-state index contributed by atoms with van der Waals surface area (Å²) >= 11 is 0. The predicted molar refractivity (Wildman–Crippen MR) is 423 cm³/mol. The van der Waals surface area contributed by atoms with Crippen molar-refractivity contribution in [2.75, 3.05) is 13.2 Å². The number of carboxylic acid groups (broad SMARTS) is 3. The van der Waals surface area contributed by atoms with E-state index >= 15 is 0 Å². The summed E-state index contributed by atoms with van der Waals surface area (Å²) in [7, 11) is 0. The van der Waals surface area contributed by atoms with Gasteiger partial charge in [-0.05, 0) is 91.1 Å². The largest absolute Gasteiger partial charge is 0.481 e. The Morgan fingerprint density at radius 1 is 0.444 bits per heavy atom. The number of rotatable bonds is 43. The summed E-state index contributed by atoms with van der Waals surface area (Å²) in [6.45, 7) is 2.39. The van der Waals surface area contributed by atoms with E-state index < -0.39 is 193 Å². The molecule has 8 rings (SSSR count). The Balaban J connectivity index is 0.899. The highest BCUT2D eigenvalue weighted by molar-refractivity contribution is 6.01. The molecule has 0 saturated carbocycles. The number of benzene rings is 6. The quantitative estimate of drug-likeness (QED) is 0.0232. The molecule has 21 N–H and O–H groups in total. The van der Waals surface area contributed by atoms with Crippen molar-refractivity contribution in [3.63, 3.8) is 0 Å². The average molecular weight is 1610 g/mol. The number of carboxylic acids is 3. The number of nitrogens with one attached hydrogen (secondary N) is 13. The van der Waals surface area contributed by atoms with Gasteiger partial charge in [-0.3, -0.25) is 62.3 Å². The van der Waals surface area contributed by atoms with Crippen LogP contribution in [0.1, 0.15) is 74.9 Å². The summed E-state index contributed by atoms with van der Waals surface area (Å²) in [5, 5.41) is 89.3. The number of para-hydroxylation sites is 1. The van der Waals surface area contributed by atoms with E-state index in [0.717, 1.165) is 52.6 Å². The summed E-state index contributed by atoms with van der Waals surface area (Å²) in [6, 6.07) is 30.3. The SMILES string of the molecule is C[C@@H](O)[C@H](NC(=O)CNC(=O)[C@H](CCC(=O)O)NC(=O)C(C)(C)NC(=O)[C@H](Cc1c[nH]cn1)NC(=O)[C@@H](N)Cc1c[nH]c2ccccc12)C(=O)N[C@@H](Cc1ccccc1)C(=O)N[C@H](C(=O)N[C@@H](CO)C(=O)N[C@@H](CC(=O)O)C(=O)N[C@@H](Cc1ccc(-c2ccccc2)cc1)C(=O)N[C@@H](Cc1ccc(-c2ccccc2)cc1)C(=O)O)[C@@H](C)O. The van der Waals surface area contributed by atoms with Crippen LogP contribution >= 0.6 is 0 Å². The van der Waals surface area contributed by atoms with Gasteiger partial charge in [0, 0.05) is 55.4 Å². The number of nitrogens with zero attached hydrogens (tertiary/aromatic N) is 1. The van der Waals surface area contributed by atoms with Crippen LogP contribution < -0.4 is 64.2 Å². The number of carbonyl (C=O) groups is 14. The first-order valence-corrected chi connectivity index (χ1v) is 37.3. The Kier molecular flexibility index (Phi) is 32.4. The zero-order valence-corrected chi connectivity index (χ0v) is 64.2. The average Bonchev–Trinajstić information content (AvgIpc) is 1.63. The van der Waals surface area contributed by atoms with Gasteiger partial charge in [0.1, 0.15) is 59.9 Å². The molecule has 0 saturated heterocycles. The highest BCUT2D eigenvalue weighted by Gasteiger charge is 2.40. The number of amides is 11. The maximum atomic E-state index is 14.4. The first-order valence-electron chi connectivity index (χ1n) is 37.3. The smallest absolute Gasteiger partial charge is 0.326 e. The summed E-state index contributed by atoms with van der Waals surface area (Å²) < 4.78 is 0. The van der Waals surface area contributed by atoms with E-state index in [4.69, 9.17) is 5.73 Å². The number of nitrogens with two attached hydrogens (primary N) is 1. The molecule has 6 aromatic carbocycles. The number of aliphatic hydroxyl groups excluding tert-OH is 3. The van der Waals surface area contributed by atoms with Crippen LogP contribution in [-0.4, -0.2) is 220 Å². The van der Waals surface area contributed by atoms with E-state index in [0.29, 0.717) is 22.4 Å². The number of aromatic nitrogens is 3. The molecular weight excluding hydrogens is 1510 g/mol. The maximum absolute atomic E-state index is 14.4. The van der Waals surface area contributed by atoms with E-state index in [-0.39, 0.29) is 32.1 Å². The van der Waals surface area contributed by atoms with Crippen LogP contribution in [0.15, 0.2) is 183 Å². The topological polar surface area (TPSA) is 563 Å². The molecule has 12 atom stereocenters. The summed E-state index contributed by atoms with van der Waals surface area (Å²) in [4.78, 5) is 202. The molecule has 35 heteroatoms. The van der Waals surface area contributed by atoms with Crippen molar-refractivity contribution < 1.29 is 97.8 Å². The molecule has 0 bridgehead atoms. The van der Waals surface area contributed by atoms with E-state index in [1.165, 1.54) is 26.4 Å². The summed E-state index contributed by atoms with van der Waals surface area (Å²) in [6.07, 6.45) is -2.48. The van der Waals surface area contributed by atoms with Gasteiger partial charge in [0.05, 0.1) is 49.8 Å². The molecule has 35 nitrogen and oxygen atoms in total. The molecular formula is C82H95N15O20. The predicted octanol–water partition coefficient (Wildman–Crippen LogP) is -0.382. The van der Waals surface area contributed by atoms with Crippen molar-refractivity contribution >= 4 is 93.8 Å². The number of aromatic amines is 2. The molecule has 0 spiro atoms. The lowest BCUT2D eigenvalue weighted by Gasteiger charge is -2.30. The standard InChI is InChI=1S/C82H95N15O20/c1-45(99)69(95-66(101)42-86-72(107)59(32-33-67(102)103)94-81(117)82(3,4)97-77(112)62(38-55-41-84-44-87-55)88-71(106)57(83)37-54-40-85-58-23-15-14-22-56(54)58)78(113)91-61(34-47-16-8-5-9-17-47)75(110)96-70(46(2)100)79(114)93-65(43-98)76(111)90-63(39-68(104)105)74(109)89-60(35-48-24-28-52(29-25-48)50-18-10-6-11-19-50)73(108)92-64(80(115)116)36-49-26-30-53(31-27-49)51-20-12-7-13-21-51/h5-31,40-41,44-46,57,59-65,69-70,85,98-100H,32-39,42-43,83H2,1-4H3,(H,84,87)(H,86,107)(H,88,106)(H,89,109)(H,90,111)(H,91,113)(H,92,108)(H,93,114)(H,94,117)(H,95,101)(H,96,110)(H,97,112)(H,102,103)(H,104,105)(H,115,116)/t45-,46-,57+,59+,60+,61+,62+,63+,64+,65+,69+,70+/m1/s1. The number of hydrogen-bond acceptors (Lipinski definition) is 19. The second-order valence-electron chi connectivity index (χ2n) is 28.4. The van der Waals surface area contributed by atoms with Crippen molar-refractivity contribution in [3.8, 4) is 22.3 Å². The molecule has 2 heterocycles. The van der Waals surface area contributed by atoms with Crippen LogP contribution in [0.3, 0.4) is 0 Å². The highest BCUT2D eigenvalue weighted by atomic mass is 16.4. The molecule has 117 heavy (non-hydrogen) atoms. The Morgan fingerprint density at radius 3 is 1.43 bits per heavy atom. The lowest BCUT2D eigenvalue weighted by Crippen LogP contribution is -2.63. The van der Waals surface area contributed by atoms with Gasteiger partial charge >= 0.3 is 17.9 Å². The molecule has 0 aliphatic carbocycles. The van der Waals surface area contributed by atoms with Crippen molar-refractivity contribution in [1.29, 1.82) is 0 Å². The second kappa shape index (κ2) is 42.6. The normalized spacial score (nSPS) is 14.3. The number of H-pyrrole nitrogens is 2. The van der Waals surface area contributed by atoms with Crippen molar-refractivity contribution in [1.82, 2.24) is 73.4 Å². The van der Waals surface area contributed by atoms with Gasteiger partial charge in [0.2, 0.25) is 65.0 Å². The number of imidazole rings is 1. The number of aliphatic hydroxyl groups is 3. The fourth-order valence-corrected chi connectivity index (χ4v) is 12.4. The zero-order chi connectivity index (χ0) is 85.0. The molecule has 0 unspecified atom stereocenters. The van der Waals surface area contributed by atoms with E-state index in [1.807, 2.05) is 84.9 Å². The van der Waals surface area contributed by atoms with Crippen LogP contribution in [0.2, 0.25) is 0 Å². The third-order valence-corrected chi connectivity index (χ3v) is 18.9. The Labute approximate surface area is 670 Å². The minimum absolute atomic E-state index is 0.0786. The fourth-order valence-electron chi connectivity index (χ4n) is 12.4. The van der Waals surface area contributed by atoms with Gasteiger partial charge in [-0.25, -0.2) is 9.78 Å². The fraction of sp³-hybridized carbons (Fsp3) is 0.329. The zero-order valence-electron chi connectivity index (χ0n) is 64.2. The highest BCUT2D eigenvalue weighted by Crippen LogP contribution is 2.24. The molecule has 618 valence electrons. The molecule has 0 fully saturated rings. The monoisotopic (exact) mass is 1610 g/mol.